The zero-order chi connectivity index (χ0) is 17.1. The van der Waals surface area contributed by atoms with Crippen LogP contribution in [0, 0.1) is 6.92 Å². The lowest BCUT2D eigenvalue weighted by Gasteiger charge is -2.23. The van der Waals surface area contributed by atoms with Gasteiger partial charge in [-0.3, -0.25) is 9.82 Å². The van der Waals surface area contributed by atoms with E-state index in [9.17, 15) is 14.8 Å². The van der Waals surface area contributed by atoms with Crippen molar-refractivity contribution in [3.63, 3.8) is 0 Å². The molecule has 2 aromatic rings. The Morgan fingerprint density at radius 1 is 1.38 bits per heavy atom. The van der Waals surface area contributed by atoms with Crippen LogP contribution in [-0.4, -0.2) is 39.9 Å². The third kappa shape index (κ3) is 3.40. The summed E-state index contributed by atoms with van der Waals surface area (Å²) >= 11 is 0. The molecule has 2 heterocycles. The molecule has 0 bridgehead atoms. The fourth-order valence-corrected chi connectivity index (χ4v) is 2.63. The number of anilines is 1. The Morgan fingerprint density at radius 3 is 2.83 bits per heavy atom. The van der Waals surface area contributed by atoms with Crippen molar-refractivity contribution in [2.75, 3.05) is 11.9 Å². The number of benzene rings is 1. The molecule has 3 N–H and O–H groups in total. The minimum absolute atomic E-state index is 0.161. The van der Waals surface area contributed by atoms with E-state index in [2.05, 4.69) is 10.3 Å². The summed E-state index contributed by atoms with van der Waals surface area (Å²) in [7, 11) is -1.64. The van der Waals surface area contributed by atoms with Crippen LogP contribution in [0.25, 0.3) is 0 Å². The number of nitrogens with one attached hydrogen (secondary N) is 1. The number of amides is 2. The summed E-state index contributed by atoms with van der Waals surface area (Å²) < 4.78 is 0. The molecule has 8 heteroatoms. The molecular formula is C16H18BN3O4. The number of rotatable bonds is 3. The molecule has 0 saturated carbocycles. The molecular weight excluding hydrogens is 309 g/mol. The number of carbonyl (C=O) groups excluding carboxylic acids is 1. The van der Waals surface area contributed by atoms with Gasteiger partial charge in [-0.2, -0.15) is 5.06 Å². The van der Waals surface area contributed by atoms with E-state index in [4.69, 9.17) is 4.84 Å². The molecule has 3 rings (SSSR count). The second kappa shape index (κ2) is 7.00. The number of urea groups is 1. The van der Waals surface area contributed by atoms with Crippen LogP contribution in [0.4, 0.5) is 10.5 Å². The second-order valence-corrected chi connectivity index (χ2v) is 5.58. The van der Waals surface area contributed by atoms with Crippen LogP contribution in [0.2, 0.25) is 0 Å². The minimum atomic E-state index is -1.64. The lowest BCUT2D eigenvalue weighted by atomic mass is 9.81. The van der Waals surface area contributed by atoms with Crippen molar-refractivity contribution in [2.24, 2.45) is 0 Å². The van der Waals surface area contributed by atoms with E-state index in [0.717, 1.165) is 5.56 Å². The van der Waals surface area contributed by atoms with E-state index < -0.39 is 13.1 Å². The van der Waals surface area contributed by atoms with Crippen LogP contribution in [0.5, 0.6) is 0 Å². The fraction of sp³-hybridized carbons (Fsp3) is 0.250. The Kier molecular flexibility index (Phi) is 4.80. The van der Waals surface area contributed by atoms with Gasteiger partial charge < -0.3 is 15.4 Å². The summed E-state index contributed by atoms with van der Waals surface area (Å²) in [5.74, 6) is 0. The summed E-state index contributed by atoms with van der Waals surface area (Å²) in [5, 5.41) is 22.5. The van der Waals surface area contributed by atoms with E-state index in [-0.39, 0.29) is 11.5 Å². The second-order valence-electron chi connectivity index (χ2n) is 5.58. The summed E-state index contributed by atoms with van der Waals surface area (Å²) in [6.45, 7) is 2.18. The Balaban J connectivity index is 1.78. The SMILES string of the molecule is Cc1ncc(B(O)O)cc1NC(=O)N1OCC[C@H]1c1ccccc1. The smallest absolute Gasteiger partial charge is 0.423 e. The zero-order valence-corrected chi connectivity index (χ0v) is 13.2. The van der Waals surface area contributed by atoms with Crippen molar-refractivity contribution >= 4 is 24.3 Å². The van der Waals surface area contributed by atoms with Crippen LogP contribution >= 0.6 is 0 Å². The van der Waals surface area contributed by atoms with Gasteiger partial charge in [0.25, 0.3) is 0 Å². The molecule has 0 aliphatic carbocycles. The number of hydroxylamine groups is 2. The molecule has 1 aromatic heterocycles. The van der Waals surface area contributed by atoms with Gasteiger partial charge in [0.1, 0.15) is 0 Å². The Bertz CT molecular complexity index is 727. The molecule has 2 amide bonds. The van der Waals surface area contributed by atoms with Crippen molar-refractivity contribution in [3.05, 3.63) is 53.9 Å². The highest BCUT2D eigenvalue weighted by Crippen LogP contribution is 2.30. The minimum Gasteiger partial charge on any atom is -0.423 e. The van der Waals surface area contributed by atoms with Crippen LogP contribution < -0.4 is 10.8 Å². The summed E-state index contributed by atoms with van der Waals surface area (Å²) in [6.07, 6.45) is 2.07. The lowest BCUT2D eigenvalue weighted by Crippen LogP contribution is -2.35. The topological polar surface area (TPSA) is 94.9 Å². The Labute approximate surface area is 140 Å². The molecule has 7 nitrogen and oxygen atoms in total. The lowest BCUT2D eigenvalue weighted by molar-refractivity contribution is -0.0829. The maximum atomic E-state index is 12.6. The third-order valence-corrected chi connectivity index (χ3v) is 3.94. The average molecular weight is 327 g/mol. The first kappa shape index (κ1) is 16.4. The molecule has 1 aromatic carbocycles. The summed E-state index contributed by atoms with van der Waals surface area (Å²) in [5.41, 5.74) is 2.19. The van der Waals surface area contributed by atoms with Gasteiger partial charge in [-0.15, -0.1) is 0 Å². The highest BCUT2D eigenvalue weighted by Gasteiger charge is 2.32. The number of aryl methyl sites for hydroxylation is 1. The highest BCUT2D eigenvalue weighted by molar-refractivity contribution is 6.58. The largest absolute Gasteiger partial charge is 0.490 e. The van der Waals surface area contributed by atoms with Crippen LogP contribution in [0.3, 0.4) is 0 Å². The number of hydrogen-bond acceptors (Lipinski definition) is 5. The predicted octanol–water partition coefficient (Wildman–Crippen LogP) is 0.980. The molecule has 124 valence electrons. The van der Waals surface area contributed by atoms with Gasteiger partial charge in [-0.1, -0.05) is 30.3 Å². The van der Waals surface area contributed by atoms with E-state index in [0.29, 0.717) is 24.4 Å². The van der Waals surface area contributed by atoms with E-state index in [1.54, 1.807) is 6.92 Å². The van der Waals surface area contributed by atoms with Gasteiger partial charge in [0.2, 0.25) is 0 Å². The van der Waals surface area contributed by atoms with Gasteiger partial charge >= 0.3 is 13.1 Å². The van der Waals surface area contributed by atoms with Crippen LogP contribution in [0.15, 0.2) is 42.6 Å². The first-order valence-electron chi connectivity index (χ1n) is 7.67. The maximum Gasteiger partial charge on any atom is 0.490 e. The standard InChI is InChI=1S/C16H18BN3O4/c1-11-14(9-13(10-18-11)17(22)23)19-16(21)20-15(7-8-24-20)12-5-3-2-4-6-12/h2-6,9-10,15,22-23H,7-8H2,1H3,(H,19,21)/t15-/m0/s1. The molecule has 1 aliphatic rings. The van der Waals surface area contributed by atoms with Crippen molar-refractivity contribution in [1.82, 2.24) is 10.0 Å². The normalized spacial score (nSPS) is 17.0. The first-order chi connectivity index (χ1) is 11.6. The monoisotopic (exact) mass is 327 g/mol. The molecule has 24 heavy (non-hydrogen) atoms. The summed E-state index contributed by atoms with van der Waals surface area (Å²) in [6, 6.07) is 10.6. The van der Waals surface area contributed by atoms with Gasteiger partial charge in [0, 0.05) is 18.1 Å². The Morgan fingerprint density at radius 2 is 2.12 bits per heavy atom. The molecule has 1 saturated heterocycles. The molecule has 0 spiro atoms. The van der Waals surface area contributed by atoms with Gasteiger partial charge in [-0.25, -0.2) is 4.79 Å². The molecule has 0 unspecified atom stereocenters. The van der Waals surface area contributed by atoms with E-state index in [1.165, 1.54) is 17.3 Å². The van der Waals surface area contributed by atoms with Crippen molar-refractivity contribution in [2.45, 2.75) is 19.4 Å². The van der Waals surface area contributed by atoms with Crippen LogP contribution in [-0.2, 0) is 4.84 Å². The summed E-state index contributed by atoms with van der Waals surface area (Å²) in [4.78, 5) is 22.1. The van der Waals surface area contributed by atoms with Crippen LogP contribution in [0.1, 0.15) is 23.7 Å². The number of nitrogens with zero attached hydrogens (tertiary/aromatic N) is 2. The van der Waals surface area contributed by atoms with E-state index >= 15 is 0 Å². The van der Waals surface area contributed by atoms with Crippen molar-refractivity contribution in [3.8, 4) is 0 Å². The maximum absolute atomic E-state index is 12.6. The quantitative estimate of drug-likeness (QED) is 0.731. The van der Waals surface area contributed by atoms with Gasteiger partial charge in [0.15, 0.2) is 0 Å². The highest BCUT2D eigenvalue weighted by atomic mass is 16.7. The number of carbonyl (C=O) groups is 1. The van der Waals surface area contributed by atoms with Crippen molar-refractivity contribution < 1.29 is 19.7 Å². The first-order valence-corrected chi connectivity index (χ1v) is 7.67. The molecule has 1 atom stereocenters. The number of aromatic nitrogens is 1. The van der Waals surface area contributed by atoms with Crippen molar-refractivity contribution in [1.29, 1.82) is 0 Å². The van der Waals surface area contributed by atoms with Gasteiger partial charge in [-0.05, 0) is 18.6 Å². The van der Waals surface area contributed by atoms with E-state index in [1.807, 2.05) is 30.3 Å². The molecule has 1 fully saturated rings. The number of hydrogen-bond donors (Lipinski definition) is 3. The molecule has 0 radical (unpaired) electrons. The average Bonchev–Trinajstić information content (AvgIpc) is 3.07. The zero-order valence-electron chi connectivity index (χ0n) is 13.2. The Hall–Kier alpha value is -2.42. The van der Waals surface area contributed by atoms with Gasteiger partial charge in [0.05, 0.1) is 24.0 Å². The third-order valence-electron chi connectivity index (χ3n) is 3.94. The number of pyridine rings is 1. The predicted molar refractivity (Wildman–Crippen MR) is 89.4 cm³/mol. The fourth-order valence-electron chi connectivity index (χ4n) is 2.63. The molecule has 1 aliphatic heterocycles.